The zero-order valence-corrected chi connectivity index (χ0v) is 13.7. The molecule has 0 spiro atoms. The fraction of sp³-hybridized carbons (Fsp3) is 0.500. The molecule has 122 valence electrons. The second-order valence-corrected chi connectivity index (χ2v) is 6.16. The molecule has 0 heterocycles. The summed E-state index contributed by atoms with van der Waals surface area (Å²) in [4.78, 5) is 23.7. The van der Waals surface area contributed by atoms with Crippen LogP contribution in [0.4, 0.5) is 10.5 Å². The van der Waals surface area contributed by atoms with E-state index in [2.05, 4.69) is 10.6 Å². The van der Waals surface area contributed by atoms with Gasteiger partial charge in [0, 0.05) is 5.69 Å². The van der Waals surface area contributed by atoms with E-state index in [1.165, 1.54) is 0 Å². The van der Waals surface area contributed by atoms with Gasteiger partial charge in [-0.15, -0.1) is 0 Å². The summed E-state index contributed by atoms with van der Waals surface area (Å²) < 4.78 is 5.10. The third-order valence-corrected chi connectivity index (χ3v) is 2.86. The number of aliphatic hydroxyl groups is 1. The van der Waals surface area contributed by atoms with Gasteiger partial charge in [-0.2, -0.15) is 0 Å². The van der Waals surface area contributed by atoms with Crippen molar-refractivity contribution in [3.8, 4) is 0 Å². The SMILES string of the molecule is Cc1cc(CO)ccc1NC(=O)[C@H](C)NC(=O)OC(C)(C)C. The van der Waals surface area contributed by atoms with E-state index in [4.69, 9.17) is 9.84 Å². The molecule has 3 N–H and O–H groups in total. The molecule has 0 unspecified atom stereocenters. The lowest BCUT2D eigenvalue weighted by molar-refractivity contribution is -0.117. The molecule has 6 heteroatoms. The third kappa shape index (κ3) is 5.73. The van der Waals surface area contributed by atoms with Crippen molar-refractivity contribution in [2.24, 2.45) is 0 Å². The summed E-state index contributed by atoms with van der Waals surface area (Å²) in [6.45, 7) is 8.62. The van der Waals surface area contributed by atoms with Crippen LogP contribution < -0.4 is 10.6 Å². The van der Waals surface area contributed by atoms with Gasteiger partial charge in [0.25, 0.3) is 0 Å². The Balaban J connectivity index is 2.63. The first kappa shape index (κ1) is 18.0. The van der Waals surface area contributed by atoms with Crippen molar-refractivity contribution in [2.75, 3.05) is 5.32 Å². The highest BCUT2D eigenvalue weighted by Gasteiger charge is 2.21. The van der Waals surface area contributed by atoms with Crippen molar-refractivity contribution < 1.29 is 19.4 Å². The van der Waals surface area contributed by atoms with E-state index in [0.29, 0.717) is 5.69 Å². The van der Waals surface area contributed by atoms with Gasteiger partial charge in [0.05, 0.1) is 6.61 Å². The maximum Gasteiger partial charge on any atom is 0.408 e. The zero-order chi connectivity index (χ0) is 16.9. The number of hydrogen-bond donors (Lipinski definition) is 3. The predicted molar refractivity (Wildman–Crippen MR) is 84.6 cm³/mol. The summed E-state index contributed by atoms with van der Waals surface area (Å²) in [7, 11) is 0. The molecular formula is C16H24N2O4. The number of alkyl carbamates (subject to hydrolysis) is 1. The van der Waals surface area contributed by atoms with Gasteiger partial charge in [0.2, 0.25) is 5.91 Å². The Kier molecular flexibility index (Phi) is 5.93. The molecule has 0 saturated heterocycles. The lowest BCUT2D eigenvalue weighted by Crippen LogP contribution is -2.44. The fourth-order valence-electron chi connectivity index (χ4n) is 1.76. The fourth-order valence-corrected chi connectivity index (χ4v) is 1.76. The number of benzene rings is 1. The van der Waals surface area contributed by atoms with Gasteiger partial charge < -0.3 is 20.5 Å². The number of aliphatic hydroxyl groups excluding tert-OH is 1. The summed E-state index contributed by atoms with van der Waals surface area (Å²) in [5, 5.41) is 14.3. The summed E-state index contributed by atoms with van der Waals surface area (Å²) in [5.41, 5.74) is 1.64. The molecule has 1 aromatic rings. The maximum atomic E-state index is 12.1. The molecule has 0 radical (unpaired) electrons. The van der Waals surface area contributed by atoms with E-state index < -0.39 is 17.7 Å². The highest BCUT2D eigenvalue weighted by Crippen LogP contribution is 2.17. The van der Waals surface area contributed by atoms with Crippen molar-refractivity contribution in [1.29, 1.82) is 0 Å². The van der Waals surface area contributed by atoms with Crippen molar-refractivity contribution in [3.63, 3.8) is 0 Å². The first-order chi connectivity index (χ1) is 10.1. The van der Waals surface area contributed by atoms with Gasteiger partial charge in [0.1, 0.15) is 11.6 Å². The molecule has 2 amide bonds. The van der Waals surface area contributed by atoms with Gasteiger partial charge in [-0.1, -0.05) is 12.1 Å². The van der Waals surface area contributed by atoms with Crippen molar-refractivity contribution in [1.82, 2.24) is 5.32 Å². The quantitative estimate of drug-likeness (QED) is 0.796. The number of carbonyl (C=O) groups is 2. The molecule has 0 fully saturated rings. The van der Waals surface area contributed by atoms with Crippen LogP contribution in [-0.2, 0) is 16.1 Å². The van der Waals surface area contributed by atoms with E-state index in [0.717, 1.165) is 11.1 Å². The Morgan fingerprint density at radius 3 is 2.45 bits per heavy atom. The number of nitrogens with one attached hydrogen (secondary N) is 2. The van der Waals surface area contributed by atoms with Crippen LogP contribution in [0.25, 0.3) is 0 Å². The average molecular weight is 308 g/mol. The Bertz CT molecular complexity index is 550. The summed E-state index contributed by atoms with van der Waals surface area (Å²) in [6, 6.07) is 4.52. The van der Waals surface area contributed by atoms with Crippen LogP contribution >= 0.6 is 0 Å². The minimum atomic E-state index is -0.730. The Morgan fingerprint density at radius 1 is 1.32 bits per heavy atom. The lowest BCUT2D eigenvalue weighted by atomic mass is 10.1. The van der Waals surface area contributed by atoms with Gasteiger partial charge in [-0.25, -0.2) is 4.79 Å². The van der Waals surface area contributed by atoms with E-state index in [1.807, 2.05) is 6.92 Å². The molecule has 0 aliphatic rings. The molecule has 0 aliphatic carbocycles. The van der Waals surface area contributed by atoms with Gasteiger partial charge in [-0.05, 0) is 51.8 Å². The summed E-state index contributed by atoms with van der Waals surface area (Å²) in [5.74, 6) is -0.342. The van der Waals surface area contributed by atoms with Crippen LogP contribution in [0, 0.1) is 6.92 Å². The van der Waals surface area contributed by atoms with Crippen LogP contribution in [0.3, 0.4) is 0 Å². The number of carbonyl (C=O) groups excluding carboxylic acids is 2. The summed E-state index contributed by atoms with van der Waals surface area (Å²) in [6.07, 6.45) is -0.637. The zero-order valence-electron chi connectivity index (χ0n) is 13.7. The van der Waals surface area contributed by atoms with Crippen LogP contribution in [0.15, 0.2) is 18.2 Å². The minimum Gasteiger partial charge on any atom is -0.444 e. The second-order valence-electron chi connectivity index (χ2n) is 6.16. The number of rotatable bonds is 4. The molecule has 1 aromatic carbocycles. The molecule has 22 heavy (non-hydrogen) atoms. The normalized spacial score (nSPS) is 12.5. The van der Waals surface area contributed by atoms with Gasteiger partial charge in [-0.3, -0.25) is 4.79 Å². The first-order valence-corrected chi connectivity index (χ1v) is 7.13. The van der Waals surface area contributed by atoms with Gasteiger partial charge in [0.15, 0.2) is 0 Å². The van der Waals surface area contributed by atoms with Crippen molar-refractivity contribution >= 4 is 17.7 Å². The molecule has 1 atom stereocenters. The van der Waals surface area contributed by atoms with Crippen molar-refractivity contribution in [2.45, 2.75) is 52.9 Å². The highest BCUT2D eigenvalue weighted by atomic mass is 16.6. The highest BCUT2D eigenvalue weighted by molar-refractivity contribution is 5.96. The molecule has 0 bridgehead atoms. The molecule has 0 aromatic heterocycles. The predicted octanol–water partition coefficient (Wildman–Crippen LogP) is 2.34. The monoisotopic (exact) mass is 308 g/mol. The Morgan fingerprint density at radius 2 is 1.95 bits per heavy atom. The maximum absolute atomic E-state index is 12.1. The number of ether oxygens (including phenoxy) is 1. The van der Waals surface area contributed by atoms with E-state index >= 15 is 0 Å². The van der Waals surface area contributed by atoms with Crippen LogP contribution in [0.5, 0.6) is 0 Å². The number of amides is 2. The molecule has 1 rings (SSSR count). The average Bonchev–Trinajstić information content (AvgIpc) is 2.38. The number of aryl methyl sites for hydroxylation is 1. The number of anilines is 1. The molecule has 6 nitrogen and oxygen atoms in total. The number of hydrogen-bond acceptors (Lipinski definition) is 4. The molecular weight excluding hydrogens is 284 g/mol. The smallest absolute Gasteiger partial charge is 0.408 e. The van der Waals surface area contributed by atoms with Crippen LogP contribution in [0.2, 0.25) is 0 Å². The summed E-state index contributed by atoms with van der Waals surface area (Å²) >= 11 is 0. The largest absolute Gasteiger partial charge is 0.444 e. The van der Waals surface area contributed by atoms with Crippen LogP contribution in [0.1, 0.15) is 38.8 Å². The first-order valence-electron chi connectivity index (χ1n) is 7.13. The van der Waals surface area contributed by atoms with Gasteiger partial charge >= 0.3 is 6.09 Å². The Hall–Kier alpha value is -2.08. The van der Waals surface area contributed by atoms with Crippen LogP contribution in [-0.4, -0.2) is 28.7 Å². The van der Waals surface area contributed by atoms with Crippen molar-refractivity contribution in [3.05, 3.63) is 29.3 Å². The molecule has 0 aliphatic heterocycles. The minimum absolute atomic E-state index is 0.0499. The second kappa shape index (κ2) is 7.26. The van der Waals surface area contributed by atoms with E-state index in [-0.39, 0.29) is 12.5 Å². The standard InChI is InChI=1S/C16H24N2O4/c1-10-8-12(9-19)6-7-13(10)18-14(20)11(2)17-15(21)22-16(3,4)5/h6-8,11,19H,9H2,1-5H3,(H,17,21)(H,18,20)/t11-/m0/s1. The lowest BCUT2D eigenvalue weighted by Gasteiger charge is -2.22. The van der Waals surface area contributed by atoms with E-state index in [1.54, 1.807) is 45.9 Å². The third-order valence-electron chi connectivity index (χ3n) is 2.86. The van der Waals surface area contributed by atoms with E-state index in [9.17, 15) is 9.59 Å². The molecule has 0 saturated carbocycles. The Labute approximate surface area is 130 Å². The topological polar surface area (TPSA) is 87.7 Å².